The molecule has 1 saturated carbocycles. The molecule has 1 aliphatic rings. The monoisotopic (exact) mass is 398 g/mol. The molecule has 0 bridgehead atoms. The van der Waals surface area contributed by atoms with Crippen LogP contribution in [0.15, 0.2) is 34.9 Å². The summed E-state index contributed by atoms with van der Waals surface area (Å²) in [5.41, 5.74) is -0.125. The molecular formula is C22H30N4O3. The summed E-state index contributed by atoms with van der Waals surface area (Å²) in [5.74, 6) is 0.466. The summed E-state index contributed by atoms with van der Waals surface area (Å²) in [7, 11) is 0. The van der Waals surface area contributed by atoms with Crippen LogP contribution in [0.1, 0.15) is 74.4 Å². The lowest BCUT2D eigenvalue weighted by molar-refractivity contribution is -0.126. The normalized spacial score (nSPS) is 17.4. The van der Waals surface area contributed by atoms with E-state index in [0.717, 1.165) is 38.5 Å². The van der Waals surface area contributed by atoms with Crippen LogP contribution >= 0.6 is 0 Å². The van der Waals surface area contributed by atoms with Crippen molar-refractivity contribution in [3.05, 3.63) is 47.6 Å². The first-order valence-electron chi connectivity index (χ1n) is 10.4. The molecule has 2 aromatic rings. The van der Waals surface area contributed by atoms with Crippen molar-refractivity contribution in [1.29, 1.82) is 0 Å². The Morgan fingerprint density at radius 1 is 1.07 bits per heavy atom. The van der Waals surface area contributed by atoms with Gasteiger partial charge in [0.2, 0.25) is 11.8 Å². The molecule has 29 heavy (non-hydrogen) atoms. The molecule has 1 heterocycles. The average Bonchev–Trinajstić information content (AvgIpc) is 3.01. The van der Waals surface area contributed by atoms with Crippen LogP contribution in [-0.2, 0) is 10.3 Å². The van der Waals surface area contributed by atoms with E-state index < -0.39 is 11.6 Å². The predicted molar refractivity (Wildman–Crippen MR) is 109 cm³/mol. The van der Waals surface area contributed by atoms with E-state index in [9.17, 15) is 9.59 Å². The van der Waals surface area contributed by atoms with E-state index in [4.69, 9.17) is 4.52 Å². The minimum absolute atomic E-state index is 0.0718. The Balaban J connectivity index is 1.81. The molecule has 1 fully saturated rings. The molecule has 2 N–H and O–H groups in total. The third-order valence-electron chi connectivity index (χ3n) is 5.55. The zero-order chi connectivity index (χ0) is 20.9. The highest BCUT2D eigenvalue weighted by Gasteiger charge is 2.40. The van der Waals surface area contributed by atoms with E-state index in [-0.39, 0.29) is 17.7 Å². The second kappa shape index (κ2) is 9.20. The van der Waals surface area contributed by atoms with Crippen molar-refractivity contribution in [2.45, 2.75) is 70.9 Å². The van der Waals surface area contributed by atoms with E-state index in [2.05, 4.69) is 20.8 Å². The van der Waals surface area contributed by atoms with Crippen LogP contribution in [-0.4, -0.2) is 28.0 Å². The number of aromatic nitrogens is 2. The topological polar surface area (TPSA) is 97.1 Å². The van der Waals surface area contributed by atoms with Gasteiger partial charge in [-0.15, -0.1) is 0 Å². The highest BCUT2D eigenvalue weighted by Crippen LogP contribution is 2.34. The lowest BCUT2D eigenvalue weighted by Gasteiger charge is -2.33. The summed E-state index contributed by atoms with van der Waals surface area (Å²) < 4.78 is 5.21. The van der Waals surface area contributed by atoms with Crippen molar-refractivity contribution >= 4 is 11.8 Å². The van der Waals surface area contributed by atoms with Gasteiger partial charge in [0.15, 0.2) is 5.82 Å². The van der Waals surface area contributed by atoms with Crippen LogP contribution in [0.5, 0.6) is 0 Å². The molecular weight excluding hydrogens is 368 g/mol. The number of amides is 2. The lowest BCUT2D eigenvalue weighted by atomic mass is 9.88. The maximum Gasteiger partial charge on any atom is 0.251 e. The molecule has 7 heteroatoms. The van der Waals surface area contributed by atoms with Gasteiger partial charge in [-0.1, -0.05) is 62.9 Å². The number of benzene rings is 1. The molecule has 0 aliphatic heterocycles. The van der Waals surface area contributed by atoms with E-state index in [1.807, 2.05) is 19.9 Å². The van der Waals surface area contributed by atoms with Crippen LogP contribution in [0, 0.1) is 12.8 Å². The standard InChI is InChI=1S/C22H30N4O3/c1-15(2)18(24-19(27)17-11-7-6-8-12-17)20(28)25-22(13-9-4-5-10-14-22)21-23-16(3)29-26-21/h6-8,11-12,15,18H,4-5,9-10,13-14H2,1-3H3,(H,24,27)(H,25,28). The average molecular weight is 399 g/mol. The fourth-order valence-corrected chi connectivity index (χ4v) is 3.89. The number of carbonyl (C=O) groups excluding carboxylic acids is 2. The molecule has 1 aromatic heterocycles. The fourth-order valence-electron chi connectivity index (χ4n) is 3.89. The first-order chi connectivity index (χ1) is 13.9. The van der Waals surface area contributed by atoms with Gasteiger partial charge in [0.05, 0.1) is 0 Å². The van der Waals surface area contributed by atoms with Crippen molar-refractivity contribution in [2.75, 3.05) is 0 Å². The van der Waals surface area contributed by atoms with E-state index in [0.29, 0.717) is 17.3 Å². The highest BCUT2D eigenvalue weighted by molar-refractivity contribution is 5.97. The van der Waals surface area contributed by atoms with Crippen molar-refractivity contribution in [2.24, 2.45) is 5.92 Å². The van der Waals surface area contributed by atoms with Crippen LogP contribution < -0.4 is 10.6 Å². The van der Waals surface area contributed by atoms with E-state index >= 15 is 0 Å². The van der Waals surface area contributed by atoms with Crippen molar-refractivity contribution in [3.8, 4) is 0 Å². The molecule has 0 saturated heterocycles. The summed E-state index contributed by atoms with van der Waals surface area (Å²) in [6, 6.07) is 8.28. The van der Waals surface area contributed by atoms with Crippen LogP contribution in [0.2, 0.25) is 0 Å². The molecule has 7 nitrogen and oxygen atoms in total. The largest absolute Gasteiger partial charge is 0.341 e. The first kappa shape index (κ1) is 21.0. The molecule has 3 rings (SSSR count). The van der Waals surface area contributed by atoms with Gasteiger partial charge in [-0.25, -0.2) is 0 Å². The van der Waals surface area contributed by atoms with Gasteiger partial charge in [-0.05, 0) is 30.9 Å². The Morgan fingerprint density at radius 2 is 1.72 bits per heavy atom. The molecule has 2 amide bonds. The lowest BCUT2D eigenvalue weighted by Crippen LogP contribution is -2.56. The molecule has 1 aliphatic carbocycles. The Morgan fingerprint density at radius 3 is 2.28 bits per heavy atom. The summed E-state index contributed by atoms with van der Waals surface area (Å²) in [6.45, 7) is 5.60. The maximum absolute atomic E-state index is 13.3. The Kier molecular flexibility index (Phi) is 6.67. The maximum atomic E-state index is 13.3. The Bertz CT molecular complexity index is 824. The van der Waals surface area contributed by atoms with Crippen LogP contribution in [0.25, 0.3) is 0 Å². The molecule has 0 radical (unpaired) electrons. The zero-order valence-electron chi connectivity index (χ0n) is 17.4. The number of hydrogen-bond donors (Lipinski definition) is 2. The summed E-state index contributed by atoms with van der Waals surface area (Å²) in [6.07, 6.45) is 5.72. The third-order valence-corrected chi connectivity index (χ3v) is 5.55. The number of hydrogen-bond acceptors (Lipinski definition) is 5. The summed E-state index contributed by atoms with van der Waals surface area (Å²) in [5, 5.41) is 10.2. The van der Waals surface area contributed by atoms with Gasteiger partial charge in [0.25, 0.3) is 5.91 Å². The molecule has 1 unspecified atom stereocenters. The van der Waals surface area contributed by atoms with Crippen LogP contribution in [0.3, 0.4) is 0 Å². The Hall–Kier alpha value is -2.70. The smallest absolute Gasteiger partial charge is 0.251 e. The number of nitrogens with zero attached hydrogens (tertiary/aromatic N) is 2. The molecule has 1 atom stereocenters. The molecule has 1 aromatic carbocycles. The molecule has 156 valence electrons. The SMILES string of the molecule is Cc1nc(C2(NC(=O)C(NC(=O)c3ccccc3)C(C)C)CCCCCC2)no1. The zero-order valence-corrected chi connectivity index (χ0v) is 17.4. The van der Waals surface area contributed by atoms with Crippen molar-refractivity contribution < 1.29 is 14.1 Å². The number of rotatable bonds is 6. The van der Waals surface area contributed by atoms with Gasteiger partial charge < -0.3 is 15.2 Å². The van der Waals surface area contributed by atoms with Gasteiger partial charge in [-0.3, -0.25) is 9.59 Å². The van der Waals surface area contributed by atoms with Gasteiger partial charge >= 0.3 is 0 Å². The van der Waals surface area contributed by atoms with Crippen LogP contribution in [0.4, 0.5) is 0 Å². The first-order valence-corrected chi connectivity index (χ1v) is 10.4. The minimum Gasteiger partial charge on any atom is -0.341 e. The minimum atomic E-state index is -0.657. The Labute approximate surface area is 171 Å². The summed E-state index contributed by atoms with van der Waals surface area (Å²) in [4.78, 5) is 30.4. The van der Waals surface area contributed by atoms with Crippen molar-refractivity contribution in [1.82, 2.24) is 20.8 Å². The fraction of sp³-hybridized carbons (Fsp3) is 0.545. The number of aryl methyl sites for hydroxylation is 1. The van der Waals surface area contributed by atoms with Crippen molar-refractivity contribution in [3.63, 3.8) is 0 Å². The second-order valence-corrected chi connectivity index (χ2v) is 8.18. The van der Waals surface area contributed by atoms with E-state index in [1.165, 1.54) is 0 Å². The highest BCUT2D eigenvalue weighted by atomic mass is 16.5. The second-order valence-electron chi connectivity index (χ2n) is 8.18. The van der Waals surface area contributed by atoms with Gasteiger partial charge in [0.1, 0.15) is 11.6 Å². The summed E-state index contributed by atoms with van der Waals surface area (Å²) >= 11 is 0. The predicted octanol–water partition coefficient (Wildman–Crippen LogP) is 3.50. The number of carbonyl (C=O) groups is 2. The number of nitrogens with one attached hydrogen (secondary N) is 2. The van der Waals surface area contributed by atoms with E-state index in [1.54, 1.807) is 31.2 Å². The van der Waals surface area contributed by atoms with Gasteiger partial charge in [0, 0.05) is 12.5 Å². The third kappa shape index (κ3) is 5.02. The quantitative estimate of drug-likeness (QED) is 0.726. The van der Waals surface area contributed by atoms with Gasteiger partial charge in [-0.2, -0.15) is 4.98 Å². The molecule has 0 spiro atoms.